The smallest absolute Gasteiger partial charge is 0.197 e. The van der Waals surface area contributed by atoms with Crippen LogP contribution < -0.4 is 11.2 Å². The molecule has 0 spiro atoms. The highest BCUT2D eigenvalue weighted by Crippen LogP contribution is 2.30. The molecule has 9 heteroatoms. The van der Waals surface area contributed by atoms with E-state index in [4.69, 9.17) is 20.4 Å². The lowest BCUT2D eigenvalue weighted by molar-refractivity contribution is -0.180. The first-order valence-corrected chi connectivity index (χ1v) is 6.90. The van der Waals surface area contributed by atoms with E-state index in [1.807, 2.05) is 5.48 Å². The summed E-state index contributed by atoms with van der Waals surface area (Å²) >= 11 is 3.10. The molecule has 0 saturated carbocycles. The second-order valence-electron chi connectivity index (χ2n) is 4.52. The van der Waals surface area contributed by atoms with E-state index in [-0.39, 0.29) is 12.3 Å². The third-order valence-corrected chi connectivity index (χ3v) is 3.80. The maximum absolute atomic E-state index is 13.3. The van der Waals surface area contributed by atoms with Crippen LogP contribution in [0, 0.1) is 5.82 Å². The van der Waals surface area contributed by atoms with Crippen molar-refractivity contribution < 1.29 is 24.3 Å². The third kappa shape index (κ3) is 3.33. The predicted octanol–water partition coefficient (Wildman–Crippen LogP) is 0.968. The quantitative estimate of drug-likeness (QED) is 0.268. The van der Waals surface area contributed by atoms with E-state index in [1.165, 1.54) is 6.07 Å². The molecule has 1 saturated heterocycles. The molecule has 0 radical (unpaired) electrons. The Morgan fingerprint density at radius 2 is 2.19 bits per heavy atom. The molecule has 0 amide bonds. The van der Waals surface area contributed by atoms with Gasteiger partial charge in [-0.25, -0.2) is 4.39 Å². The number of hydroxylamine groups is 1. The maximum atomic E-state index is 13.3. The van der Waals surface area contributed by atoms with Crippen LogP contribution in [0.2, 0.25) is 0 Å². The van der Waals surface area contributed by atoms with Crippen LogP contribution in [-0.4, -0.2) is 41.3 Å². The van der Waals surface area contributed by atoms with Crippen molar-refractivity contribution >= 4 is 21.8 Å². The first-order chi connectivity index (χ1) is 10.0. The van der Waals surface area contributed by atoms with Gasteiger partial charge in [-0.3, -0.25) is 0 Å². The van der Waals surface area contributed by atoms with Gasteiger partial charge in [0.1, 0.15) is 11.9 Å². The average Bonchev–Trinajstić information content (AvgIpc) is 2.92. The highest BCUT2D eigenvalue weighted by atomic mass is 79.9. The van der Waals surface area contributed by atoms with Gasteiger partial charge in [0, 0.05) is 6.42 Å². The number of hydrogen-bond donors (Lipinski definition) is 4. The Bertz CT molecular complexity index is 537. The minimum atomic E-state index is -1.34. The number of oxime groups is 1. The summed E-state index contributed by atoms with van der Waals surface area (Å²) in [5, 5.41) is 20.9. The Kier molecular flexibility index (Phi) is 5.12. The van der Waals surface area contributed by atoms with Crippen LogP contribution in [0.5, 0.6) is 0 Å². The zero-order valence-electron chi connectivity index (χ0n) is 10.9. The van der Waals surface area contributed by atoms with Crippen LogP contribution in [0.25, 0.3) is 0 Å². The molecule has 1 atom stereocenters. The molecule has 0 bridgehead atoms. The van der Waals surface area contributed by atoms with Crippen molar-refractivity contribution in [3.05, 3.63) is 34.1 Å². The minimum Gasteiger partial charge on any atom is -0.409 e. The van der Waals surface area contributed by atoms with Crippen molar-refractivity contribution in [1.29, 1.82) is 0 Å². The van der Waals surface area contributed by atoms with Crippen molar-refractivity contribution in [3.63, 3.8) is 0 Å². The maximum Gasteiger partial charge on any atom is 0.197 e. The fourth-order valence-electron chi connectivity index (χ4n) is 2.22. The molecule has 1 aliphatic heterocycles. The minimum absolute atomic E-state index is 0.167. The molecule has 1 aromatic carbocycles. The zero-order valence-corrected chi connectivity index (χ0v) is 12.5. The Morgan fingerprint density at radius 3 is 2.71 bits per heavy atom. The number of halogens is 2. The largest absolute Gasteiger partial charge is 0.409 e. The summed E-state index contributed by atoms with van der Waals surface area (Å²) in [6.07, 6.45) is 0.167. The lowest BCUT2D eigenvalue weighted by atomic mass is 9.97. The van der Waals surface area contributed by atoms with E-state index in [9.17, 15) is 9.60 Å². The predicted molar refractivity (Wildman–Crippen MR) is 74.6 cm³/mol. The highest BCUT2D eigenvalue weighted by Gasteiger charge is 2.47. The summed E-state index contributed by atoms with van der Waals surface area (Å²) in [7, 11) is 0. The second-order valence-corrected chi connectivity index (χ2v) is 5.38. The number of rotatable bonds is 5. The van der Waals surface area contributed by atoms with Crippen LogP contribution in [0.4, 0.5) is 4.39 Å². The highest BCUT2D eigenvalue weighted by molar-refractivity contribution is 9.10. The van der Waals surface area contributed by atoms with E-state index in [0.717, 1.165) is 0 Å². The number of nitrogens with two attached hydrogens (primary N) is 1. The van der Waals surface area contributed by atoms with Gasteiger partial charge in [-0.1, -0.05) is 11.2 Å². The first-order valence-electron chi connectivity index (χ1n) is 6.11. The van der Waals surface area contributed by atoms with E-state index in [1.54, 1.807) is 12.1 Å². The van der Waals surface area contributed by atoms with Crippen LogP contribution in [0.15, 0.2) is 27.8 Å². The van der Waals surface area contributed by atoms with Gasteiger partial charge in [0.2, 0.25) is 0 Å². The molecule has 1 unspecified atom stereocenters. The first kappa shape index (κ1) is 16.1. The average molecular weight is 364 g/mol. The normalized spacial score (nSPS) is 19.7. The lowest BCUT2D eigenvalue weighted by Crippen LogP contribution is -2.59. The number of benzene rings is 1. The van der Waals surface area contributed by atoms with Crippen LogP contribution in [0.3, 0.4) is 0 Å². The number of ether oxygens (including phenoxy) is 2. The Morgan fingerprint density at radius 1 is 1.52 bits per heavy atom. The van der Waals surface area contributed by atoms with Gasteiger partial charge in [0.15, 0.2) is 11.6 Å². The fraction of sp³-hybridized carbons (Fsp3) is 0.417. The molecule has 1 heterocycles. The monoisotopic (exact) mass is 363 g/mol. The number of nitrogens with zero attached hydrogens (tertiary/aromatic N) is 1. The molecular formula is C12H15BrFN3O4. The van der Waals surface area contributed by atoms with E-state index >= 15 is 0 Å². The van der Waals surface area contributed by atoms with Crippen molar-refractivity contribution in [2.45, 2.75) is 18.2 Å². The number of amidine groups is 1. The van der Waals surface area contributed by atoms with Crippen molar-refractivity contribution in [2.24, 2.45) is 10.9 Å². The van der Waals surface area contributed by atoms with Gasteiger partial charge < -0.3 is 25.6 Å². The summed E-state index contributed by atoms with van der Waals surface area (Å²) in [5.74, 6) is -2.03. The van der Waals surface area contributed by atoms with Crippen molar-refractivity contribution in [2.75, 3.05) is 13.2 Å². The molecule has 5 N–H and O–H groups in total. The van der Waals surface area contributed by atoms with Crippen LogP contribution >= 0.6 is 15.9 Å². The molecule has 21 heavy (non-hydrogen) atoms. The van der Waals surface area contributed by atoms with Gasteiger partial charge in [-0.05, 0) is 33.6 Å². The standard InChI is InChI=1S/C12H15BrFN3O4/c13-8-5-7(1-2-9(8)14)6-12(20-3-4-21-12)10(16-18)11(15)17-19/h1-2,5,10,16,18-19H,3-4,6H2,(H2,15,17). The summed E-state index contributed by atoms with van der Waals surface area (Å²) < 4.78 is 24.7. The van der Waals surface area contributed by atoms with Gasteiger partial charge in [0.05, 0.1) is 17.7 Å². The topological polar surface area (TPSA) is 109 Å². The van der Waals surface area contributed by atoms with Crippen molar-refractivity contribution in [1.82, 2.24) is 5.48 Å². The summed E-state index contributed by atoms with van der Waals surface area (Å²) in [6, 6.07) is 3.36. The Labute approximate surface area is 128 Å². The summed E-state index contributed by atoms with van der Waals surface area (Å²) in [4.78, 5) is 0. The molecule has 7 nitrogen and oxygen atoms in total. The van der Waals surface area contributed by atoms with E-state index in [2.05, 4.69) is 21.1 Å². The van der Waals surface area contributed by atoms with Crippen LogP contribution in [0.1, 0.15) is 5.56 Å². The zero-order chi connectivity index (χ0) is 15.5. The van der Waals surface area contributed by atoms with Gasteiger partial charge >= 0.3 is 0 Å². The van der Waals surface area contributed by atoms with Crippen molar-refractivity contribution in [3.8, 4) is 0 Å². The van der Waals surface area contributed by atoms with Gasteiger partial charge in [-0.15, -0.1) is 0 Å². The number of hydrogen-bond acceptors (Lipinski definition) is 6. The second kappa shape index (κ2) is 6.67. The van der Waals surface area contributed by atoms with E-state index < -0.39 is 17.6 Å². The molecule has 1 aromatic rings. The van der Waals surface area contributed by atoms with E-state index in [0.29, 0.717) is 23.2 Å². The third-order valence-electron chi connectivity index (χ3n) is 3.19. The van der Waals surface area contributed by atoms with Gasteiger partial charge in [0.25, 0.3) is 0 Å². The molecule has 1 fully saturated rings. The van der Waals surface area contributed by atoms with Crippen LogP contribution in [-0.2, 0) is 15.9 Å². The molecule has 1 aliphatic rings. The number of nitrogens with one attached hydrogen (secondary N) is 1. The van der Waals surface area contributed by atoms with Gasteiger partial charge in [-0.2, -0.15) is 5.48 Å². The summed E-state index contributed by atoms with van der Waals surface area (Å²) in [6.45, 7) is 0.582. The molecule has 0 aromatic heterocycles. The molecule has 116 valence electrons. The summed E-state index contributed by atoms with van der Waals surface area (Å²) in [5.41, 5.74) is 8.17. The molecule has 0 aliphatic carbocycles. The SMILES string of the molecule is N/C(=N\O)C(NO)C1(Cc2ccc(F)c(Br)c2)OCCO1. The molecular weight excluding hydrogens is 349 g/mol. The molecule has 2 rings (SSSR count). The lowest BCUT2D eigenvalue weighted by Gasteiger charge is -2.33. The fourth-order valence-corrected chi connectivity index (χ4v) is 2.65. The Hall–Kier alpha value is -1.26. The Balaban J connectivity index is 2.31.